The molecule has 9 nitrogen and oxygen atoms in total. The number of halogens is 1. The van der Waals surface area contributed by atoms with E-state index >= 15 is 0 Å². The van der Waals surface area contributed by atoms with E-state index in [1.165, 1.54) is 19.1 Å². The summed E-state index contributed by atoms with van der Waals surface area (Å²) in [5.41, 5.74) is 1.34. The van der Waals surface area contributed by atoms with Crippen LogP contribution in [0.1, 0.15) is 47.9 Å². The molecule has 1 aliphatic rings. The van der Waals surface area contributed by atoms with Crippen LogP contribution < -0.4 is 10.1 Å². The van der Waals surface area contributed by atoms with Crippen molar-refractivity contribution in [1.29, 1.82) is 0 Å². The van der Waals surface area contributed by atoms with Gasteiger partial charge in [-0.2, -0.15) is 0 Å². The maximum Gasteiger partial charge on any atom is 0.370 e. The number of likely N-dealkylation sites (tertiary alicyclic amines) is 1. The van der Waals surface area contributed by atoms with Gasteiger partial charge in [0, 0.05) is 13.0 Å². The number of rotatable bonds is 11. The van der Waals surface area contributed by atoms with Gasteiger partial charge >= 0.3 is 11.9 Å². The predicted octanol–water partition coefficient (Wildman–Crippen LogP) is 4.20. The molecule has 1 heterocycles. The van der Waals surface area contributed by atoms with E-state index in [9.17, 15) is 19.2 Å². The molecule has 4 rings (SSSR count). The van der Waals surface area contributed by atoms with Crippen LogP contribution in [0.2, 0.25) is 0 Å². The van der Waals surface area contributed by atoms with E-state index in [1.54, 1.807) is 43.3 Å². The number of ether oxygens (including phenoxy) is 3. The summed E-state index contributed by atoms with van der Waals surface area (Å²) < 4.78 is 16.6. The number of β-lactam (4-membered cyclic amide) rings is 1. The smallest absolute Gasteiger partial charge is 0.370 e. The van der Waals surface area contributed by atoms with Crippen molar-refractivity contribution < 1.29 is 33.4 Å². The first-order valence-corrected chi connectivity index (χ1v) is 13.2. The maximum atomic E-state index is 13.7. The Labute approximate surface area is 237 Å². The summed E-state index contributed by atoms with van der Waals surface area (Å²) >= 11 is 6.78. The summed E-state index contributed by atoms with van der Waals surface area (Å²) in [5, 5.41) is 0.140. The van der Waals surface area contributed by atoms with Crippen LogP contribution in [0.4, 0.5) is 0 Å². The molecule has 3 aromatic rings. The lowest BCUT2D eigenvalue weighted by Crippen LogP contribution is -2.68. The first-order valence-electron chi connectivity index (χ1n) is 12.8. The highest BCUT2D eigenvalue weighted by Crippen LogP contribution is 2.33. The summed E-state index contributed by atoms with van der Waals surface area (Å²) in [6.07, 6.45) is -1.70. The molecule has 10 heteroatoms. The summed E-state index contributed by atoms with van der Waals surface area (Å²) in [6.45, 7) is 3.46. The minimum atomic E-state index is -2.34. The molecule has 1 fully saturated rings. The van der Waals surface area contributed by atoms with Gasteiger partial charge in [0.05, 0.1) is 12.2 Å². The molecule has 40 heavy (non-hydrogen) atoms. The third-order valence-corrected chi connectivity index (χ3v) is 6.71. The molecular formula is C30H29ClN2O7. The lowest BCUT2D eigenvalue weighted by Gasteiger charge is -2.42. The SMILES string of the molecule is CCOC(=O)[C@@H](C)Oc1ccccc1C(=O)NC(Cl)(C(=O)OC(c1ccccc1)c1ccccc1)N1CCC1=O. The summed E-state index contributed by atoms with van der Waals surface area (Å²) in [4.78, 5) is 52.8. The third kappa shape index (κ3) is 6.26. The van der Waals surface area contributed by atoms with Crippen LogP contribution in [0.3, 0.4) is 0 Å². The number of hydrogen-bond acceptors (Lipinski definition) is 7. The molecule has 0 spiro atoms. The van der Waals surface area contributed by atoms with Crippen LogP contribution in [0.25, 0.3) is 0 Å². The highest BCUT2D eigenvalue weighted by atomic mass is 35.5. The van der Waals surface area contributed by atoms with Gasteiger partial charge in [0.1, 0.15) is 5.75 Å². The second-order valence-corrected chi connectivity index (χ2v) is 9.53. The molecule has 1 saturated heterocycles. The standard InChI is InChI=1S/C30H29ClN2O7/c1-3-38-28(36)20(2)39-24-17-11-10-16-23(24)27(35)32-30(31,33-19-18-25(33)34)29(37)40-26(21-12-6-4-7-13-21)22-14-8-5-9-15-22/h4-17,20,26H,3,18-19H2,1-2H3,(H,32,35)/t20-,30?/m1/s1. The highest BCUT2D eigenvalue weighted by Gasteiger charge is 2.52. The van der Waals surface area contributed by atoms with Crippen molar-refractivity contribution in [2.75, 3.05) is 13.2 Å². The van der Waals surface area contributed by atoms with Crippen LogP contribution in [0.5, 0.6) is 5.75 Å². The second kappa shape index (κ2) is 12.7. The van der Waals surface area contributed by atoms with Crippen molar-refractivity contribution in [1.82, 2.24) is 10.2 Å². The van der Waals surface area contributed by atoms with Gasteiger partial charge in [0.15, 0.2) is 12.2 Å². The Hall–Kier alpha value is -4.37. The fraction of sp³-hybridized carbons (Fsp3) is 0.267. The van der Waals surface area contributed by atoms with Crippen molar-refractivity contribution in [3.8, 4) is 5.75 Å². The van der Waals surface area contributed by atoms with Crippen LogP contribution in [-0.2, 0) is 23.9 Å². The zero-order chi connectivity index (χ0) is 28.7. The Bertz CT molecular complexity index is 1330. The molecule has 0 radical (unpaired) electrons. The number of amides is 2. The van der Waals surface area contributed by atoms with Gasteiger partial charge < -0.3 is 19.5 Å². The van der Waals surface area contributed by atoms with Crippen molar-refractivity contribution >= 4 is 35.4 Å². The van der Waals surface area contributed by atoms with Gasteiger partial charge in [-0.3, -0.25) is 14.5 Å². The van der Waals surface area contributed by atoms with Crippen LogP contribution in [-0.4, -0.2) is 53.0 Å². The van der Waals surface area contributed by atoms with Crippen LogP contribution in [0.15, 0.2) is 84.9 Å². The molecule has 1 unspecified atom stereocenters. The van der Waals surface area contributed by atoms with Crippen LogP contribution in [0, 0.1) is 0 Å². The highest BCUT2D eigenvalue weighted by molar-refractivity contribution is 6.36. The topological polar surface area (TPSA) is 111 Å². The molecule has 1 aliphatic heterocycles. The minimum Gasteiger partial charge on any atom is -0.478 e. The van der Waals surface area contributed by atoms with Gasteiger partial charge in [-0.1, -0.05) is 84.4 Å². The monoisotopic (exact) mass is 564 g/mol. The van der Waals surface area contributed by atoms with Crippen LogP contribution >= 0.6 is 11.6 Å². The summed E-state index contributed by atoms with van der Waals surface area (Å²) in [6, 6.07) is 24.2. The van der Waals surface area contributed by atoms with Crippen molar-refractivity contribution in [2.24, 2.45) is 0 Å². The predicted molar refractivity (Wildman–Crippen MR) is 146 cm³/mol. The van der Waals surface area contributed by atoms with Crippen molar-refractivity contribution in [2.45, 2.75) is 37.6 Å². The van der Waals surface area contributed by atoms with E-state index in [0.29, 0.717) is 11.1 Å². The normalized spacial score (nSPS) is 14.9. The number of esters is 2. The number of hydrogen-bond donors (Lipinski definition) is 1. The largest absolute Gasteiger partial charge is 0.478 e. The zero-order valence-electron chi connectivity index (χ0n) is 22.0. The fourth-order valence-electron chi connectivity index (χ4n) is 4.11. The molecule has 0 aromatic heterocycles. The Balaban J connectivity index is 1.62. The molecule has 2 atom stereocenters. The maximum absolute atomic E-state index is 13.7. The summed E-state index contributed by atoms with van der Waals surface area (Å²) in [7, 11) is 0. The van der Waals surface area contributed by atoms with E-state index in [2.05, 4.69) is 5.32 Å². The van der Waals surface area contributed by atoms with Gasteiger partial charge in [-0.15, -0.1) is 0 Å². The number of carbonyl (C=O) groups is 4. The number of para-hydroxylation sites is 1. The molecule has 208 valence electrons. The van der Waals surface area contributed by atoms with Gasteiger partial charge in [-0.25, -0.2) is 9.59 Å². The first-order chi connectivity index (χ1) is 19.2. The molecule has 0 aliphatic carbocycles. The molecule has 0 saturated carbocycles. The fourth-order valence-corrected chi connectivity index (χ4v) is 4.42. The summed E-state index contributed by atoms with van der Waals surface area (Å²) in [5.74, 6) is -2.81. The molecule has 1 N–H and O–H groups in total. The van der Waals surface area contributed by atoms with E-state index < -0.39 is 41.1 Å². The first kappa shape index (κ1) is 28.6. The van der Waals surface area contributed by atoms with E-state index in [0.717, 1.165) is 4.90 Å². The molecule has 2 amide bonds. The number of benzene rings is 3. The molecular weight excluding hydrogens is 536 g/mol. The average molecular weight is 565 g/mol. The lowest BCUT2D eigenvalue weighted by molar-refractivity contribution is -0.168. The van der Waals surface area contributed by atoms with E-state index in [1.807, 2.05) is 36.4 Å². The third-order valence-electron chi connectivity index (χ3n) is 6.26. The van der Waals surface area contributed by atoms with Crippen molar-refractivity contribution in [3.05, 3.63) is 102 Å². The molecule has 3 aromatic carbocycles. The zero-order valence-corrected chi connectivity index (χ0v) is 22.8. The van der Waals surface area contributed by atoms with E-state index in [-0.39, 0.29) is 30.9 Å². The van der Waals surface area contributed by atoms with Gasteiger partial charge in [0.25, 0.3) is 11.0 Å². The van der Waals surface area contributed by atoms with Crippen molar-refractivity contribution in [3.63, 3.8) is 0 Å². The Kier molecular flexibility index (Phi) is 9.06. The minimum absolute atomic E-state index is 0.00730. The quantitative estimate of drug-likeness (QED) is 0.161. The van der Waals surface area contributed by atoms with Gasteiger partial charge in [0.2, 0.25) is 5.91 Å². The number of carbonyl (C=O) groups excluding carboxylic acids is 4. The molecule has 0 bridgehead atoms. The number of nitrogens with zero attached hydrogens (tertiary/aromatic N) is 1. The Morgan fingerprint density at radius 3 is 2.05 bits per heavy atom. The lowest BCUT2D eigenvalue weighted by atomic mass is 10.0. The Morgan fingerprint density at radius 2 is 1.52 bits per heavy atom. The number of nitrogens with one attached hydrogen (secondary N) is 1. The number of alkyl halides is 1. The second-order valence-electron chi connectivity index (χ2n) is 8.99. The average Bonchev–Trinajstić information content (AvgIpc) is 2.96. The van der Waals surface area contributed by atoms with E-state index in [4.69, 9.17) is 25.8 Å². The van der Waals surface area contributed by atoms with Gasteiger partial charge in [-0.05, 0) is 37.1 Å². The Morgan fingerprint density at radius 1 is 0.950 bits per heavy atom.